The third kappa shape index (κ3) is 2.55. The van der Waals surface area contributed by atoms with Crippen molar-refractivity contribution in [2.75, 3.05) is 0 Å². The van der Waals surface area contributed by atoms with E-state index in [0.29, 0.717) is 11.3 Å². The Morgan fingerprint density at radius 1 is 1.20 bits per heavy atom. The maximum Gasteiger partial charge on any atom is 0.329 e. The van der Waals surface area contributed by atoms with Gasteiger partial charge in [-0.3, -0.25) is 14.3 Å². The minimum absolute atomic E-state index is 0.0780. The molecule has 1 N–H and O–H groups in total. The molecule has 0 spiro atoms. The van der Waals surface area contributed by atoms with Crippen LogP contribution in [0.3, 0.4) is 0 Å². The molecule has 4 nitrogen and oxygen atoms in total. The Labute approximate surface area is 118 Å². The molecule has 1 heterocycles. The molecule has 108 valence electrons. The maximum absolute atomic E-state index is 12.2. The van der Waals surface area contributed by atoms with E-state index in [2.05, 4.69) is 25.8 Å². The van der Waals surface area contributed by atoms with Crippen LogP contribution in [0, 0.1) is 5.92 Å². The van der Waals surface area contributed by atoms with Crippen LogP contribution in [0.2, 0.25) is 0 Å². The number of benzene rings is 1. The van der Waals surface area contributed by atoms with Crippen LogP contribution in [0.1, 0.15) is 46.1 Å². The fraction of sp³-hybridized carbons (Fsp3) is 0.500. The second-order valence-corrected chi connectivity index (χ2v) is 5.34. The lowest BCUT2D eigenvalue weighted by Gasteiger charge is -2.25. The lowest BCUT2D eigenvalue weighted by atomic mass is 9.93. The van der Waals surface area contributed by atoms with Crippen LogP contribution >= 0.6 is 0 Å². The first-order chi connectivity index (χ1) is 9.60. The molecule has 2 rings (SSSR count). The van der Waals surface area contributed by atoms with Crippen LogP contribution < -0.4 is 11.2 Å². The minimum atomic E-state index is -0.309. The van der Waals surface area contributed by atoms with Crippen molar-refractivity contribution in [3.05, 3.63) is 45.1 Å². The topological polar surface area (TPSA) is 54.9 Å². The molecular formula is C16H22N2O2. The summed E-state index contributed by atoms with van der Waals surface area (Å²) in [7, 11) is 0. The van der Waals surface area contributed by atoms with Crippen LogP contribution in [0.25, 0.3) is 10.9 Å². The van der Waals surface area contributed by atoms with Crippen molar-refractivity contribution in [2.45, 2.75) is 46.1 Å². The zero-order valence-electron chi connectivity index (χ0n) is 12.3. The predicted octanol–water partition coefficient (Wildman–Crippen LogP) is 3.08. The first-order valence-electron chi connectivity index (χ1n) is 7.33. The number of nitrogens with one attached hydrogen (secondary N) is 1. The Morgan fingerprint density at radius 3 is 2.55 bits per heavy atom. The number of aromatic nitrogens is 2. The predicted molar refractivity (Wildman–Crippen MR) is 82.2 cm³/mol. The summed E-state index contributed by atoms with van der Waals surface area (Å²) in [4.78, 5) is 26.5. The third-order valence-corrected chi connectivity index (χ3v) is 4.12. The smallest absolute Gasteiger partial charge is 0.290 e. The molecule has 2 atom stereocenters. The number of fused-ring (bicyclic) bond motifs is 1. The average Bonchev–Trinajstić information content (AvgIpc) is 2.44. The Bertz CT molecular complexity index is 699. The number of hydrogen-bond acceptors (Lipinski definition) is 2. The van der Waals surface area contributed by atoms with Crippen molar-refractivity contribution >= 4 is 10.9 Å². The van der Waals surface area contributed by atoms with Gasteiger partial charge in [-0.05, 0) is 31.4 Å². The molecule has 0 fully saturated rings. The number of H-pyrrole nitrogens is 1. The normalized spacial score (nSPS) is 14.3. The Morgan fingerprint density at radius 2 is 1.90 bits per heavy atom. The van der Waals surface area contributed by atoms with Gasteiger partial charge in [-0.2, -0.15) is 0 Å². The molecule has 0 radical (unpaired) electrons. The standard InChI is InChI=1S/C16H22N2O2/c1-4-8-12(5-2)11(3)18-14-10-7-6-9-13(14)15(19)17-16(18)20/h6-7,9-12H,4-5,8H2,1-3H3,(H,17,19,20). The van der Waals surface area contributed by atoms with E-state index in [1.54, 1.807) is 10.6 Å². The van der Waals surface area contributed by atoms with Gasteiger partial charge in [-0.15, -0.1) is 0 Å². The molecule has 2 unspecified atom stereocenters. The summed E-state index contributed by atoms with van der Waals surface area (Å²) in [6, 6.07) is 7.37. The number of hydrogen-bond donors (Lipinski definition) is 1. The molecule has 0 amide bonds. The Balaban J connectivity index is 2.64. The van der Waals surface area contributed by atoms with E-state index in [9.17, 15) is 9.59 Å². The van der Waals surface area contributed by atoms with E-state index in [4.69, 9.17) is 0 Å². The van der Waals surface area contributed by atoms with Crippen LogP contribution in [-0.2, 0) is 0 Å². The molecule has 0 saturated carbocycles. The summed E-state index contributed by atoms with van der Waals surface area (Å²) in [6.45, 7) is 6.37. The monoisotopic (exact) mass is 274 g/mol. The van der Waals surface area contributed by atoms with Gasteiger partial charge in [-0.1, -0.05) is 38.8 Å². The van der Waals surface area contributed by atoms with Crippen LogP contribution in [0.4, 0.5) is 0 Å². The number of rotatable bonds is 5. The molecule has 0 aliphatic rings. The molecule has 0 aliphatic heterocycles. The summed E-state index contributed by atoms with van der Waals surface area (Å²) in [5, 5.41) is 0.574. The molecule has 0 saturated heterocycles. The number of para-hydroxylation sites is 1. The highest BCUT2D eigenvalue weighted by Crippen LogP contribution is 2.26. The van der Waals surface area contributed by atoms with Gasteiger partial charge in [0.05, 0.1) is 10.9 Å². The highest BCUT2D eigenvalue weighted by molar-refractivity contribution is 5.77. The zero-order chi connectivity index (χ0) is 14.7. The van der Waals surface area contributed by atoms with Gasteiger partial charge in [0.1, 0.15) is 0 Å². The van der Waals surface area contributed by atoms with Crippen molar-refractivity contribution < 1.29 is 0 Å². The Hall–Kier alpha value is -1.84. The summed E-state index contributed by atoms with van der Waals surface area (Å²) in [6.07, 6.45) is 3.20. The van der Waals surface area contributed by atoms with Gasteiger partial charge in [0.15, 0.2) is 0 Å². The van der Waals surface area contributed by atoms with Crippen molar-refractivity contribution in [3.8, 4) is 0 Å². The quantitative estimate of drug-likeness (QED) is 0.911. The fourth-order valence-corrected chi connectivity index (χ4v) is 2.98. The number of aromatic amines is 1. The van der Waals surface area contributed by atoms with Gasteiger partial charge in [0.25, 0.3) is 5.56 Å². The van der Waals surface area contributed by atoms with Crippen molar-refractivity contribution in [3.63, 3.8) is 0 Å². The van der Waals surface area contributed by atoms with E-state index in [0.717, 1.165) is 24.8 Å². The van der Waals surface area contributed by atoms with Gasteiger partial charge in [-0.25, -0.2) is 4.79 Å². The van der Waals surface area contributed by atoms with Crippen molar-refractivity contribution in [2.24, 2.45) is 5.92 Å². The van der Waals surface area contributed by atoms with Crippen LogP contribution in [0.15, 0.2) is 33.9 Å². The highest BCUT2D eigenvalue weighted by atomic mass is 16.2. The van der Waals surface area contributed by atoms with E-state index >= 15 is 0 Å². The summed E-state index contributed by atoms with van der Waals surface area (Å²) >= 11 is 0. The average molecular weight is 274 g/mol. The molecule has 0 aliphatic carbocycles. The van der Waals surface area contributed by atoms with Crippen LogP contribution in [0.5, 0.6) is 0 Å². The van der Waals surface area contributed by atoms with Gasteiger partial charge < -0.3 is 0 Å². The lowest BCUT2D eigenvalue weighted by Crippen LogP contribution is -2.34. The molecule has 4 heteroatoms. The maximum atomic E-state index is 12.2. The molecular weight excluding hydrogens is 252 g/mol. The van der Waals surface area contributed by atoms with Gasteiger partial charge in [0.2, 0.25) is 0 Å². The Kier molecular flexibility index (Phi) is 4.42. The van der Waals surface area contributed by atoms with E-state index < -0.39 is 0 Å². The summed E-state index contributed by atoms with van der Waals surface area (Å²) in [5.41, 5.74) is 0.108. The third-order valence-electron chi connectivity index (χ3n) is 4.12. The zero-order valence-corrected chi connectivity index (χ0v) is 12.3. The lowest BCUT2D eigenvalue weighted by molar-refractivity contribution is 0.318. The van der Waals surface area contributed by atoms with Crippen molar-refractivity contribution in [1.29, 1.82) is 0 Å². The van der Waals surface area contributed by atoms with Crippen LogP contribution in [-0.4, -0.2) is 9.55 Å². The van der Waals surface area contributed by atoms with Gasteiger partial charge in [0, 0.05) is 6.04 Å². The first kappa shape index (κ1) is 14.6. The second kappa shape index (κ2) is 6.07. The SMILES string of the molecule is CCCC(CC)C(C)n1c(=O)[nH]c(=O)c2ccccc21. The van der Waals surface area contributed by atoms with E-state index in [1.807, 2.05) is 18.2 Å². The summed E-state index contributed by atoms with van der Waals surface area (Å²) < 4.78 is 1.74. The number of nitrogens with zero attached hydrogens (tertiary/aromatic N) is 1. The molecule has 2 aromatic rings. The second-order valence-electron chi connectivity index (χ2n) is 5.34. The van der Waals surface area contributed by atoms with E-state index in [1.165, 1.54) is 0 Å². The van der Waals surface area contributed by atoms with E-state index in [-0.39, 0.29) is 17.3 Å². The molecule has 0 bridgehead atoms. The molecule has 20 heavy (non-hydrogen) atoms. The highest BCUT2D eigenvalue weighted by Gasteiger charge is 2.20. The van der Waals surface area contributed by atoms with Crippen molar-refractivity contribution in [1.82, 2.24) is 9.55 Å². The first-order valence-corrected chi connectivity index (χ1v) is 7.33. The minimum Gasteiger partial charge on any atom is -0.290 e. The molecule has 1 aromatic carbocycles. The molecule has 1 aromatic heterocycles. The van der Waals surface area contributed by atoms with Gasteiger partial charge >= 0.3 is 5.69 Å². The summed E-state index contributed by atoms with van der Waals surface area (Å²) in [5.74, 6) is 0.437. The fourth-order valence-electron chi connectivity index (χ4n) is 2.98. The largest absolute Gasteiger partial charge is 0.329 e.